The minimum Gasteiger partial charge on any atom is -0.507 e. The summed E-state index contributed by atoms with van der Waals surface area (Å²) in [5, 5.41) is 22.0. The summed E-state index contributed by atoms with van der Waals surface area (Å²) in [5.41, 5.74) is 4.38. The van der Waals surface area contributed by atoms with Gasteiger partial charge in [0.1, 0.15) is 16.5 Å². The largest absolute Gasteiger partial charge is 0.507 e. The van der Waals surface area contributed by atoms with Crippen molar-refractivity contribution >= 4 is 48.8 Å². The van der Waals surface area contributed by atoms with Gasteiger partial charge in [-0.05, 0) is 61.5 Å². The number of sulfonamides is 1. The summed E-state index contributed by atoms with van der Waals surface area (Å²) in [6.45, 7) is 3.11. The molecule has 0 bridgehead atoms. The summed E-state index contributed by atoms with van der Waals surface area (Å²) in [7, 11) is -4.30. The molecular formula is C30H26N4O5S. The van der Waals surface area contributed by atoms with Gasteiger partial charge < -0.3 is 19.3 Å². The van der Waals surface area contributed by atoms with Crippen molar-refractivity contribution in [2.75, 3.05) is 6.61 Å². The lowest BCUT2D eigenvalue weighted by molar-refractivity contribution is 0.0981. The number of phenols is 1. The molecule has 10 heteroatoms. The number of nitrogens with one attached hydrogen (secondary N) is 1. The zero-order chi connectivity index (χ0) is 28.0. The molecule has 0 saturated heterocycles. The Labute approximate surface area is 230 Å². The van der Waals surface area contributed by atoms with E-state index < -0.39 is 26.6 Å². The van der Waals surface area contributed by atoms with Crippen molar-refractivity contribution in [2.24, 2.45) is 0 Å². The van der Waals surface area contributed by atoms with E-state index in [1.54, 1.807) is 6.07 Å². The van der Waals surface area contributed by atoms with E-state index in [1.807, 2.05) is 27.5 Å². The first-order chi connectivity index (χ1) is 19.3. The average molecular weight is 555 g/mol. The summed E-state index contributed by atoms with van der Waals surface area (Å²) in [4.78, 5) is 17.3. The number of benzene rings is 4. The van der Waals surface area contributed by atoms with Crippen molar-refractivity contribution in [2.45, 2.75) is 24.9 Å². The number of para-hydroxylation sites is 2. The lowest BCUT2D eigenvalue weighted by Gasteiger charge is -2.09. The Bertz CT molecular complexity index is 2040. The van der Waals surface area contributed by atoms with Gasteiger partial charge in [-0.15, -0.1) is 0 Å². The number of aromatic nitrogens is 3. The highest BCUT2D eigenvalue weighted by Gasteiger charge is 2.23. The van der Waals surface area contributed by atoms with Gasteiger partial charge in [0.25, 0.3) is 15.9 Å². The zero-order valence-corrected chi connectivity index (χ0v) is 22.4. The predicted molar refractivity (Wildman–Crippen MR) is 154 cm³/mol. The van der Waals surface area contributed by atoms with Gasteiger partial charge in [0.2, 0.25) is 0 Å². The number of aryl methyl sites for hydroxylation is 1. The molecule has 6 rings (SSSR count). The highest BCUT2D eigenvalue weighted by atomic mass is 32.2. The fourth-order valence-corrected chi connectivity index (χ4v) is 6.34. The zero-order valence-electron chi connectivity index (χ0n) is 21.6. The molecule has 40 heavy (non-hydrogen) atoms. The smallest absolute Gasteiger partial charge is 0.267 e. The number of aliphatic hydroxyl groups is 1. The monoisotopic (exact) mass is 554 g/mol. The van der Waals surface area contributed by atoms with Gasteiger partial charge >= 0.3 is 0 Å². The van der Waals surface area contributed by atoms with Gasteiger partial charge in [-0.2, -0.15) is 0 Å². The van der Waals surface area contributed by atoms with Crippen molar-refractivity contribution < 1.29 is 23.4 Å². The van der Waals surface area contributed by atoms with Crippen molar-refractivity contribution in [1.82, 2.24) is 18.8 Å². The number of hydrogen-bond donors (Lipinski definition) is 3. The Morgan fingerprint density at radius 1 is 0.875 bits per heavy atom. The van der Waals surface area contributed by atoms with Gasteiger partial charge in [-0.25, -0.2) is 18.1 Å². The average Bonchev–Trinajstić information content (AvgIpc) is 3.47. The number of phenolic OH excluding ortho intramolecular Hbond substituents is 1. The summed E-state index contributed by atoms with van der Waals surface area (Å²) in [6.07, 6.45) is 0. The number of amides is 1. The van der Waals surface area contributed by atoms with E-state index in [0.717, 1.165) is 33.9 Å². The van der Waals surface area contributed by atoms with Crippen LogP contribution < -0.4 is 4.72 Å². The molecule has 0 saturated carbocycles. The molecule has 0 unspecified atom stereocenters. The first-order valence-electron chi connectivity index (χ1n) is 12.8. The van der Waals surface area contributed by atoms with Crippen LogP contribution in [-0.4, -0.2) is 45.3 Å². The van der Waals surface area contributed by atoms with E-state index in [-0.39, 0.29) is 18.7 Å². The molecule has 2 heterocycles. The molecule has 0 fully saturated rings. The Morgan fingerprint density at radius 2 is 1.60 bits per heavy atom. The summed E-state index contributed by atoms with van der Waals surface area (Å²) in [6, 6.07) is 24.5. The highest BCUT2D eigenvalue weighted by molar-refractivity contribution is 7.90. The van der Waals surface area contributed by atoms with Crippen LogP contribution in [0.2, 0.25) is 0 Å². The number of fused-ring (bicyclic) bond motifs is 4. The molecule has 1 amide bonds. The second kappa shape index (κ2) is 9.82. The van der Waals surface area contributed by atoms with Gasteiger partial charge in [0.15, 0.2) is 0 Å². The SMILES string of the molecule is CCn1c2ccccc2c2cc(-c3nc4cc(C(=O)NS(=O)(=O)c5ccccc5O)ccc4n3CCO)ccc21. The molecule has 9 nitrogen and oxygen atoms in total. The van der Waals surface area contributed by atoms with Crippen LogP contribution >= 0.6 is 0 Å². The van der Waals surface area contributed by atoms with Crippen LogP contribution in [0.4, 0.5) is 0 Å². The Morgan fingerprint density at radius 3 is 2.38 bits per heavy atom. The topological polar surface area (TPSA) is 126 Å². The van der Waals surface area contributed by atoms with Crippen molar-refractivity contribution in [1.29, 1.82) is 0 Å². The predicted octanol–water partition coefficient (Wildman–Crippen LogP) is 4.65. The lowest BCUT2D eigenvalue weighted by Crippen LogP contribution is -2.30. The maximum atomic E-state index is 12.9. The quantitative estimate of drug-likeness (QED) is 0.264. The molecule has 2 aromatic heterocycles. The number of carbonyl (C=O) groups is 1. The minimum atomic E-state index is -4.30. The molecular weight excluding hydrogens is 528 g/mol. The van der Waals surface area contributed by atoms with Crippen LogP contribution in [0.15, 0.2) is 89.8 Å². The first-order valence-corrected chi connectivity index (χ1v) is 14.3. The molecule has 0 atom stereocenters. The van der Waals surface area contributed by atoms with Crippen molar-refractivity contribution in [3.05, 3.63) is 90.5 Å². The Balaban J connectivity index is 1.42. The number of imidazole rings is 1. The maximum absolute atomic E-state index is 12.9. The molecule has 0 radical (unpaired) electrons. The normalized spacial score (nSPS) is 11.9. The second-order valence-electron chi connectivity index (χ2n) is 9.41. The van der Waals surface area contributed by atoms with E-state index in [2.05, 4.69) is 35.8 Å². The van der Waals surface area contributed by atoms with Crippen LogP contribution in [-0.2, 0) is 23.1 Å². The van der Waals surface area contributed by atoms with E-state index in [1.165, 1.54) is 36.4 Å². The molecule has 3 N–H and O–H groups in total. The summed E-state index contributed by atoms with van der Waals surface area (Å²) < 4.78 is 31.6. The summed E-state index contributed by atoms with van der Waals surface area (Å²) in [5.74, 6) is -0.680. The molecule has 6 aromatic rings. The van der Waals surface area contributed by atoms with Gasteiger partial charge in [-0.3, -0.25) is 4.79 Å². The van der Waals surface area contributed by atoms with Crippen LogP contribution in [0.3, 0.4) is 0 Å². The number of nitrogens with zero attached hydrogens (tertiary/aromatic N) is 3. The minimum absolute atomic E-state index is 0.0909. The molecule has 202 valence electrons. The van der Waals surface area contributed by atoms with Crippen molar-refractivity contribution in [3.8, 4) is 17.1 Å². The number of carbonyl (C=O) groups excluding carboxylic acids is 1. The fourth-order valence-electron chi connectivity index (χ4n) is 5.27. The van der Waals surface area contributed by atoms with Crippen LogP contribution in [0.5, 0.6) is 5.75 Å². The van der Waals surface area contributed by atoms with E-state index in [9.17, 15) is 23.4 Å². The molecule has 0 aliphatic carbocycles. The number of rotatable bonds is 7. The fraction of sp³-hybridized carbons (Fsp3) is 0.133. The first kappa shape index (κ1) is 25.6. The van der Waals surface area contributed by atoms with E-state index in [4.69, 9.17) is 4.98 Å². The standard InChI is InChI=1S/C30H26N4O5S/c1-2-33-24-8-4-3-7-21(24)22-17-19(11-13-25(22)33)29-31-23-18-20(12-14-26(23)34(29)15-16-35)30(37)32-40(38,39)28-10-6-5-9-27(28)36/h3-14,17-18,35-36H,2,15-16H2,1H3,(H,32,37). The van der Waals surface area contributed by atoms with Gasteiger partial charge in [-0.1, -0.05) is 30.3 Å². The Kier molecular flexibility index (Phi) is 6.28. The van der Waals surface area contributed by atoms with Gasteiger partial charge in [0.05, 0.1) is 17.6 Å². The third-order valence-corrected chi connectivity index (χ3v) is 8.44. The van der Waals surface area contributed by atoms with E-state index in [0.29, 0.717) is 16.9 Å². The maximum Gasteiger partial charge on any atom is 0.267 e. The molecule has 4 aromatic carbocycles. The van der Waals surface area contributed by atoms with Gasteiger partial charge in [0, 0.05) is 46.0 Å². The number of aliphatic hydroxyl groups excluding tert-OH is 1. The third-order valence-electron chi connectivity index (χ3n) is 7.06. The van der Waals surface area contributed by atoms with Crippen LogP contribution in [0, 0.1) is 0 Å². The number of aromatic hydroxyl groups is 1. The Hall–Kier alpha value is -4.67. The second-order valence-corrected chi connectivity index (χ2v) is 11.1. The lowest BCUT2D eigenvalue weighted by atomic mass is 10.1. The number of hydrogen-bond acceptors (Lipinski definition) is 6. The molecule has 0 aliphatic heterocycles. The van der Waals surface area contributed by atoms with Crippen molar-refractivity contribution in [3.63, 3.8) is 0 Å². The highest BCUT2D eigenvalue weighted by Crippen LogP contribution is 2.34. The van der Waals surface area contributed by atoms with Crippen LogP contribution in [0.25, 0.3) is 44.2 Å². The third kappa shape index (κ3) is 4.18. The summed E-state index contributed by atoms with van der Waals surface area (Å²) >= 11 is 0. The van der Waals surface area contributed by atoms with E-state index >= 15 is 0 Å². The molecule has 0 aliphatic rings. The molecule has 0 spiro atoms. The van der Waals surface area contributed by atoms with Crippen LogP contribution in [0.1, 0.15) is 17.3 Å².